The molecule has 3 amide bonds. The number of allylic oxidation sites excluding steroid dienone is 2. The molecule has 14 heteroatoms. The summed E-state index contributed by atoms with van der Waals surface area (Å²) < 4.78 is 2.98. The maximum absolute atomic E-state index is 14.0. The number of rotatable bonds is 6. The third-order valence-electron chi connectivity index (χ3n) is 7.52. The number of ketones is 1. The van der Waals surface area contributed by atoms with Crippen LogP contribution in [-0.4, -0.2) is 60.8 Å². The monoisotopic (exact) mass is 682 g/mol. The molecular formula is C26H17Cl7N2O5. The van der Waals surface area contributed by atoms with Crippen LogP contribution in [0.4, 0.5) is 0 Å². The van der Waals surface area contributed by atoms with Crippen LogP contribution in [0.5, 0.6) is 5.75 Å². The number of ether oxygens (including phenoxy) is 1. The second kappa shape index (κ2) is 9.94. The first-order valence-corrected chi connectivity index (χ1v) is 14.3. The van der Waals surface area contributed by atoms with Crippen LogP contribution in [-0.2, 0) is 9.59 Å². The maximum atomic E-state index is 14.0. The van der Waals surface area contributed by atoms with E-state index in [1.165, 1.54) is 50.4 Å². The van der Waals surface area contributed by atoms with E-state index in [1.807, 2.05) is 0 Å². The zero-order chi connectivity index (χ0) is 29.5. The number of imide groups is 1. The molecule has 40 heavy (non-hydrogen) atoms. The zero-order valence-corrected chi connectivity index (χ0v) is 25.7. The summed E-state index contributed by atoms with van der Waals surface area (Å²) in [6.45, 7) is 1.38. The number of hydrogen-bond acceptors (Lipinski definition) is 5. The molecule has 0 radical (unpaired) electrons. The highest BCUT2D eigenvalue weighted by molar-refractivity contribution is 6.66. The lowest BCUT2D eigenvalue weighted by Crippen LogP contribution is -2.59. The first-order chi connectivity index (χ1) is 18.7. The lowest BCUT2D eigenvalue weighted by molar-refractivity contribution is -0.157. The lowest BCUT2D eigenvalue weighted by Gasteiger charge is -2.38. The fourth-order valence-electron chi connectivity index (χ4n) is 5.46. The van der Waals surface area contributed by atoms with Gasteiger partial charge < -0.3 is 4.74 Å². The van der Waals surface area contributed by atoms with E-state index in [0.717, 1.165) is 5.01 Å². The number of alkyl halides is 4. The second-order valence-corrected chi connectivity index (χ2v) is 13.2. The number of fused-ring (bicyclic) bond motifs is 5. The Morgan fingerprint density at radius 2 is 1.27 bits per heavy atom. The van der Waals surface area contributed by atoms with Crippen LogP contribution >= 0.6 is 81.2 Å². The summed E-state index contributed by atoms with van der Waals surface area (Å²) in [6.07, 6.45) is 0. The van der Waals surface area contributed by atoms with Crippen molar-refractivity contribution in [3.63, 3.8) is 0 Å². The van der Waals surface area contributed by atoms with Crippen molar-refractivity contribution in [1.82, 2.24) is 10.0 Å². The molecule has 1 saturated heterocycles. The normalized spacial score (nSPS) is 29.1. The molecule has 0 aromatic heterocycles. The van der Waals surface area contributed by atoms with Crippen molar-refractivity contribution in [1.29, 1.82) is 0 Å². The number of carbonyl (C=O) groups excluding carboxylic acids is 4. The van der Waals surface area contributed by atoms with Crippen molar-refractivity contribution in [2.75, 3.05) is 7.11 Å². The third-order valence-corrected chi connectivity index (χ3v) is 12.0. The van der Waals surface area contributed by atoms with Gasteiger partial charge in [-0.25, -0.2) is 5.01 Å². The highest BCUT2D eigenvalue weighted by Gasteiger charge is 2.88. The van der Waals surface area contributed by atoms with Crippen LogP contribution in [0.15, 0.2) is 58.6 Å². The van der Waals surface area contributed by atoms with Gasteiger partial charge in [0.25, 0.3) is 17.7 Å². The minimum atomic E-state index is -2.15. The molecular weight excluding hydrogens is 668 g/mol. The number of carbonyl (C=O) groups is 4. The van der Waals surface area contributed by atoms with E-state index in [-0.39, 0.29) is 21.2 Å². The molecule has 2 fully saturated rings. The third kappa shape index (κ3) is 3.72. The lowest BCUT2D eigenvalue weighted by atomic mass is 9.84. The number of halogens is 7. The van der Waals surface area contributed by atoms with Crippen molar-refractivity contribution in [3.05, 3.63) is 74.7 Å². The first kappa shape index (κ1) is 29.8. The van der Waals surface area contributed by atoms with Crippen LogP contribution < -0.4 is 4.74 Å². The number of hydrazine groups is 1. The fraction of sp³-hybridized carbons (Fsp3) is 0.308. The van der Waals surface area contributed by atoms with Crippen molar-refractivity contribution in [3.8, 4) is 5.75 Å². The molecule has 5 atom stereocenters. The van der Waals surface area contributed by atoms with Gasteiger partial charge in [0, 0.05) is 16.1 Å². The van der Waals surface area contributed by atoms with E-state index < -0.39 is 55.5 Å². The molecule has 3 aliphatic rings. The van der Waals surface area contributed by atoms with Gasteiger partial charge in [0.15, 0.2) is 10.1 Å². The second-order valence-electron chi connectivity index (χ2n) is 9.49. The van der Waals surface area contributed by atoms with E-state index >= 15 is 0 Å². The van der Waals surface area contributed by atoms with Gasteiger partial charge in [-0.15, -0.1) is 23.2 Å². The number of nitrogens with zero attached hydrogens (tertiary/aromatic N) is 2. The van der Waals surface area contributed by atoms with Gasteiger partial charge in [-0.1, -0.05) is 58.0 Å². The Morgan fingerprint density at radius 3 is 1.73 bits per heavy atom. The predicted molar refractivity (Wildman–Crippen MR) is 154 cm³/mol. The van der Waals surface area contributed by atoms with Crippen LogP contribution in [0.1, 0.15) is 27.6 Å². The van der Waals surface area contributed by atoms with Gasteiger partial charge in [0.1, 0.15) is 21.5 Å². The minimum Gasteiger partial charge on any atom is -0.497 e. The number of methoxy groups -OCH3 is 1. The molecule has 7 nitrogen and oxygen atoms in total. The van der Waals surface area contributed by atoms with Gasteiger partial charge in [-0.05, 0) is 55.5 Å². The largest absolute Gasteiger partial charge is 0.497 e. The molecule has 5 rings (SSSR count). The van der Waals surface area contributed by atoms with Gasteiger partial charge >= 0.3 is 0 Å². The van der Waals surface area contributed by atoms with Crippen LogP contribution in [0.2, 0.25) is 5.02 Å². The molecule has 2 bridgehead atoms. The van der Waals surface area contributed by atoms with Crippen molar-refractivity contribution in [2.24, 2.45) is 11.8 Å². The van der Waals surface area contributed by atoms with Gasteiger partial charge in [-0.3, -0.25) is 19.2 Å². The molecule has 0 N–H and O–H groups in total. The van der Waals surface area contributed by atoms with Crippen LogP contribution in [0, 0.1) is 11.8 Å². The Kier molecular flexibility index (Phi) is 7.40. The molecule has 210 valence electrons. The van der Waals surface area contributed by atoms with Gasteiger partial charge in [-0.2, -0.15) is 5.01 Å². The van der Waals surface area contributed by atoms with Gasteiger partial charge in [0.05, 0.1) is 29.0 Å². The van der Waals surface area contributed by atoms with Crippen molar-refractivity contribution < 1.29 is 23.9 Å². The van der Waals surface area contributed by atoms with Crippen molar-refractivity contribution >= 4 is 105 Å². The zero-order valence-electron chi connectivity index (χ0n) is 20.4. The molecule has 2 aromatic carbocycles. The Labute approximate surface area is 263 Å². The average molecular weight is 686 g/mol. The summed E-state index contributed by atoms with van der Waals surface area (Å²) >= 11 is 45.5. The number of amides is 3. The Balaban J connectivity index is 1.62. The molecule has 2 aromatic rings. The summed E-state index contributed by atoms with van der Waals surface area (Å²) in [5, 5.41) is 1.12. The smallest absolute Gasteiger partial charge is 0.273 e. The molecule has 1 aliphatic heterocycles. The highest BCUT2D eigenvalue weighted by atomic mass is 35.5. The fourth-order valence-corrected chi connectivity index (χ4v) is 8.52. The van der Waals surface area contributed by atoms with Crippen LogP contribution in [0.25, 0.3) is 0 Å². The molecule has 1 saturated carbocycles. The summed E-state index contributed by atoms with van der Waals surface area (Å²) in [5.74, 6) is -5.86. The molecule has 1 heterocycles. The van der Waals surface area contributed by atoms with E-state index in [9.17, 15) is 19.2 Å². The molecule has 0 unspecified atom stereocenters. The average Bonchev–Trinajstić information content (AvgIpc) is 3.32. The molecule has 0 spiro atoms. The van der Waals surface area contributed by atoms with Crippen molar-refractivity contribution in [2.45, 2.75) is 27.0 Å². The highest BCUT2D eigenvalue weighted by Crippen LogP contribution is 2.77. The first-order valence-electron chi connectivity index (χ1n) is 11.6. The maximum Gasteiger partial charge on any atom is 0.273 e. The number of Topliss-reactive ketones (excluding diaryl/α,β-unsaturated/α-hetero) is 1. The van der Waals surface area contributed by atoms with E-state index in [4.69, 9.17) is 85.9 Å². The summed E-state index contributed by atoms with van der Waals surface area (Å²) in [5.41, 5.74) is 0.233. The van der Waals surface area contributed by atoms with Gasteiger partial charge in [0.2, 0.25) is 0 Å². The van der Waals surface area contributed by atoms with E-state index in [0.29, 0.717) is 15.8 Å². The standard InChI is InChI=1S/C26H17Cl7N2O5/c1-11(18(36)12-5-9-15(40-2)10-6-12)34(21(37)13-3-7-14(27)8-4-13)35-22(38)16-17(23(35)39)25(31)20(29)19(28)24(16,30)26(25,32)33/h3-11,16-17H,1-2H3/t11-,16-,17-,24+,25+/m0/s1. The van der Waals surface area contributed by atoms with E-state index in [1.54, 1.807) is 12.1 Å². The van der Waals surface area contributed by atoms with E-state index in [2.05, 4.69) is 0 Å². The number of benzene rings is 2. The Bertz CT molecular complexity index is 1450. The minimum absolute atomic E-state index is 0.0406. The quantitative estimate of drug-likeness (QED) is 0.199. The topological polar surface area (TPSA) is 84.0 Å². The Hall–Kier alpha value is -1.71. The number of hydrogen-bond donors (Lipinski definition) is 0. The summed E-state index contributed by atoms with van der Waals surface area (Å²) in [7, 11) is 1.47. The predicted octanol–water partition coefficient (Wildman–Crippen LogP) is 6.42. The summed E-state index contributed by atoms with van der Waals surface area (Å²) in [6, 6.07) is 10.4. The van der Waals surface area contributed by atoms with Crippen LogP contribution in [0.3, 0.4) is 0 Å². The SMILES string of the molecule is COc1ccc(C(=O)[C@H](C)N(C(=O)c2ccc(Cl)cc2)N2C(=O)[C@@H]3[C@@H](C2=O)[C@@]2(Cl)C(Cl)=C(Cl)[C@@]3(Cl)C2(Cl)Cl)cc1. The molecule has 2 aliphatic carbocycles. The Morgan fingerprint density at radius 1 is 0.825 bits per heavy atom. The summed E-state index contributed by atoms with van der Waals surface area (Å²) in [4.78, 5) is 51.4.